The van der Waals surface area contributed by atoms with Gasteiger partial charge in [0.2, 0.25) is 0 Å². The van der Waals surface area contributed by atoms with Gasteiger partial charge in [0.25, 0.3) is 0 Å². The predicted octanol–water partition coefficient (Wildman–Crippen LogP) is -2.29. The van der Waals surface area contributed by atoms with Crippen LogP contribution in [0.15, 0.2) is 0 Å². The van der Waals surface area contributed by atoms with Crippen molar-refractivity contribution in [1.29, 1.82) is 5.26 Å². The van der Waals surface area contributed by atoms with Crippen LogP contribution in [0.3, 0.4) is 0 Å². The molecule has 1 saturated carbocycles. The zero-order chi connectivity index (χ0) is 10.1. The summed E-state index contributed by atoms with van der Waals surface area (Å²) in [5, 5.41) is 19.4. The summed E-state index contributed by atoms with van der Waals surface area (Å²) in [4.78, 5) is 10.5. The molecule has 0 spiro atoms. The zero-order valence-electron chi connectivity index (χ0n) is 9.04. The van der Waals surface area contributed by atoms with Crippen molar-refractivity contribution in [2.45, 2.75) is 33.1 Å². The molecule has 1 fully saturated rings. The van der Waals surface area contributed by atoms with Gasteiger partial charge in [0.15, 0.2) is 0 Å². The van der Waals surface area contributed by atoms with Crippen molar-refractivity contribution >= 4 is 5.97 Å². The number of nitriles is 1. The number of rotatable bonds is 2. The van der Waals surface area contributed by atoms with Gasteiger partial charge in [0.05, 0.1) is 11.5 Å². The number of carboxylic acids is 1. The molecule has 0 amide bonds. The fourth-order valence-corrected chi connectivity index (χ4v) is 2.27. The number of hydrogen-bond donors (Lipinski definition) is 0. The molecule has 0 aromatic rings. The quantitative estimate of drug-likeness (QED) is 0.491. The Kier molecular flexibility index (Phi) is 5.86. The normalized spacial score (nSPS) is 28.9. The van der Waals surface area contributed by atoms with Gasteiger partial charge in [-0.05, 0) is 24.7 Å². The van der Waals surface area contributed by atoms with Crippen LogP contribution in [-0.4, -0.2) is 5.97 Å². The summed E-state index contributed by atoms with van der Waals surface area (Å²) in [5.41, 5.74) is -0.655. The van der Waals surface area contributed by atoms with Gasteiger partial charge in [-0.15, -0.1) is 0 Å². The standard InChI is InChI=1S/C10H15NO2.K/c1-7-3-10(6-11,4-8(7)2)5-9(12)13;/h7-8H,3-5H2,1-2H3,(H,12,13);/q;+1/p-1/t7-,8-;/m0./s1. The van der Waals surface area contributed by atoms with Crippen LogP contribution in [0.2, 0.25) is 0 Å². The summed E-state index contributed by atoms with van der Waals surface area (Å²) in [6.07, 6.45) is 1.27. The van der Waals surface area contributed by atoms with Crippen LogP contribution in [-0.2, 0) is 4.79 Å². The monoisotopic (exact) mass is 219 g/mol. The van der Waals surface area contributed by atoms with Crippen LogP contribution in [0, 0.1) is 28.6 Å². The Balaban J connectivity index is 0.00000169. The van der Waals surface area contributed by atoms with Crippen LogP contribution in [0.5, 0.6) is 0 Å². The summed E-state index contributed by atoms with van der Waals surface area (Å²) >= 11 is 0. The molecule has 0 heterocycles. The van der Waals surface area contributed by atoms with E-state index in [1.807, 2.05) is 0 Å². The van der Waals surface area contributed by atoms with Gasteiger partial charge in [-0.2, -0.15) is 5.26 Å². The smallest absolute Gasteiger partial charge is 0.550 e. The van der Waals surface area contributed by atoms with Crippen molar-refractivity contribution < 1.29 is 61.3 Å². The largest absolute Gasteiger partial charge is 1.00 e. The molecule has 14 heavy (non-hydrogen) atoms. The summed E-state index contributed by atoms with van der Waals surface area (Å²) in [6.45, 7) is 4.14. The molecule has 3 nitrogen and oxygen atoms in total. The third-order valence-corrected chi connectivity index (χ3v) is 3.12. The van der Waals surface area contributed by atoms with Crippen molar-refractivity contribution in [3.05, 3.63) is 0 Å². The van der Waals surface area contributed by atoms with E-state index in [1.54, 1.807) is 0 Å². The predicted molar refractivity (Wildman–Crippen MR) is 45.2 cm³/mol. The molecular formula is C10H14KNO2. The number of carbonyl (C=O) groups is 1. The number of aliphatic carboxylic acids is 1. The third kappa shape index (κ3) is 3.32. The number of carbonyl (C=O) groups excluding carboxylic acids is 1. The molecule has 0 aliphatic heterocycles. The first kappa shape index (κ1) is 14.6. The first-order valence-electron chi connectivity index (χ1n) is 4.60. The van der Waals surface area contributed by atoms with Crippen LogP contribution < -0.4 is 56.5 Å². The SMILES string of the molecule is C[C@H]1CC(C#N)(CC(=O)[O-])C[C@@H]1C.[K+]. The fourth-order valence-electron chi connectivity index (χ4n) is 2.27. The van der Waals surface area contributed by atoms with Crippen molar-refractivity contribution in [2.24, 2.45) is 17.3 Å². The second-order valence-corrected chi connectivity index (χ2v) is 4.30. The van der Waals surface area contributed by atoms with E-state index in [1.165, 1.54) is 0 Å². The van der Waals surface area contributed by atoms with E-state index < -0.39 is 11.4 Å². The Morgan fingerprint density at radius 3 is 2.21 bits per heavy atom. The maximum atomic E-state index is 10.5. The van der Waals surface area contributed by atoms with Gasteiger partial charge in [0, 0.05) is 12.4 Å². The zero-order valence-corrected chi connectivity index (χ0v) is 12.2. The van der Waals surface area contributed by atoms with E-state index in [0.717, 1.165) is 0 Å². The van der Waals surface area contributed by atoms with Crippen LogP contribution in [0.1, 0.15) is 33.1 Å². The van der Waals surface area contributed by atoms with Crippen LogP contribution in [0.4, 0.5) is 0 Å². The summed E-state index contributed by atoms with van der Waals surface area (Å²) < 4.78 is 0. The number of hydrogen-bond acceptors (Lipinski definition) is 3. The van der Waals surface area contributed by atoms with E-state index in [2.05, 4.69) is 19.9 Å². The minimum atomic E-state index is -1.11. The van der Waals surface area contributed by atoms with Crippen molar-refractivity contribution in [2.75, 3.05) is 0 Å². The Labute approximate surface area is 127 Å². The first-order chi connectivity index (χ1) is 5.99. The molecule has 4 heteroatoms. The molecule has 0 bridgehead atoms. The first-order valence-corrected chi connectivity index (χ1v) is 4.60. The van der Waals surface area contributed by atoms with Crippen LogP contribution in [0.25, 0.3) is 0 Å². The minimum absolute atomic E-state index is 0. The van der Waals surface area contributed by atoms with Crippen LogP contribution >= 0.6 is 0 Å². The molecule has 1 aliphatic carbocycles. The van der Waals surface area contributed by atoms with Gasteiger partial charge >= 0.3 is 51.4 Å². The molecule has 2 atom stereocenters. The van der Waals surface area contributed by atoms with E-state index >= 15 is 0 Å². The molecule has 0 aromatic heterocycles. The fraction of sp³-hybridized carbons (Fsp3) is 0.800. The summed E-state index contributed by atoms with van der Waals surface area (Å²) in [5.74, 6) is -0.221. The molecule has 0 unspecified atom stereocenters. The van der Waals surface area contributed by atoms with E-state index in [9.17, 15) is 9.90 Å². The van der Waals surface area contributed by atoms with Crippen molar-refractivity contribution in [3.63, 3.8) is 0 Å². The average molecular weight is 219 g/mol. The Morgan fingerprint density at radius 2 is 1.93 bits per heavy atom. The Hall–Kier alpha value is 0.596. The number of nitrogens with zero attached hydrogens (tertiary/aromatic N) is 1. The van der Waals surface area contributed by atoms with E-state index in [-0.39, 0.29) is 57.8 Å². The van der Waals surface area contributed by atoms with Gasteiger partial charge in [0.1, 0.15) is 0 Å². The average Bonchev–Trinajstić information content (AvgIpc) is 2.27. The summed E-state index contributed by atoms with van der Waals surface area (Å²) in [6, 6.07) is 2.15. The Bertz CT molecular complexity index is 249. The van der Waals surface area contributed by atoms with Gasteiger partial charge in [-0.3, -0.25) is 0 Å². The summed E-state index contributed by atoms with van der Waals surface area (Å²) in [7, 11) is 0. The molecule has 1 rings (SSSR count). The Morgan fingerprint density at radius 1 is 1.50 bits per heavy atom. The maximum Gasteiger partial charge on any atom is 1.00 e. The number of carboxylic acid groups (broad SMARTS) is 1. The topological polar surface area (TPSA) is 63.9 Å². The van der Waals surface area contributed by atoms with Gasteiger partial charge in [-0.1, -0.05) is 13.8 Å². The van der Waals surface area contributed by atoms with Gasteiger partial charge < -0.3 is 9.90 Å². The maximum absolute atomic E-state index is 10.5. The third-order valence-electron chi connectivity index (χ3n) is 3.12. The molecule has 0 N–H and O–H groups in total. The second-order valence-electron chi connectivity index (χ2n) is 4.30. The molecule has 0 aromatic carbocycles. The molecule has 72 valence electrons. The molecular weight excluding hydrogens is 205 g/mol. The molecule has 1 aliphatic rings. The van der Waals surface area contributed by atoms with Gasteiger partial charge in [-0.25, -0.2) is 0 Å². The van der Waals surface area contributed by atoms with Crippen molar-refractivity contribution in [3.8, 4) is 6.07 Å². The second kappa shape index (κ2) is 5.62. The molecule has 0 radical (unpaired) electrons. The minimum Gasteiger partial charge on any atom is -0.550 e. The van der Waals surface area contributed by atoms with Crippen molar-refractivity contribution in [1.82, 2.24) is 0 Å². The van der Waals surface area contributed by atoms with E-state index in [4.69, 9.17) is 5.26 Å². The van der Waals surface area contributed by atoms with E-state index in [0.29, 0.717) is 24.7 Å². The molecule has 0 saturated heterocycles.